The van der Waals surface area contributed by atoms with Gasteiger partial charge in [0.2, 0.25) is 0 Å². The minimum atomic E-state index is -0.661. The summed E-state index contributed by atoms with van der Waals surface area (Å²) in [5, 5.41) is 13.3. The van der Waals surface area contributed by atoms with Gasteiger partial charge in [-0.1, -0.05) is 6.07 Å². The molecule has 0 aliphatic carbocycles. The minimum absolute atomic E-state index is 0.0306. The summed E-state index contributed by atoms with van der Waals surface area (Å²) in [5.74, 6) is -1.20. The maximum Gasteiger partial charge on any atom is 0.271 e. The average Bonchev–Trinajstić information content (AvgIpc) is 2.49. The first-order valence-corrected chi connectivity index (χ1v) is 6.32. The molecule has 0 aromatic heterocycles. The summed E-state index contributed by atoms with van der Waals surface area (Å²) in [6.07, 6.45) is 0. The fraction of sp³-hybridized carbons (Fsp3) is 0.133. The lowest BCUT2D eigenvalue weighted by atomic mass is 10.1. The average molecular weight is 304 g/mol. The van der Waals surface area contributed by atoms with Crippen LogP contribution in [0, 0.1) is 22.9 Å². The van der Waals surface area contributed by atoms with Crippen LogP contribution in [-0.4, -0.2) is 17.9 Å². The fourth-order valence-corrected chi connectivity index (χ4v) is 1.86. The van der Waals surface area contributed by atoms with E-state index in [1.54, 1.807) is 6.92 Å². The Labute approximate surface area is 125 Å². The first-order chi connectivity index (χ1) is 10.4. The smallest absolute Gasteiger partial charge is 0.271 e. The van der Waals surface area contributed by atoms with Crippen LogP contribution in [0.2, 0.25) is 0 Å². The Kier molecular flexibility index (Phi) is 4.36. The second kappa shape index (κ2) is 6.21. The number of nitrogens with zero attached hydrogens (tertiary/aromatic N) is 1. The van der Waals surface area contributed by atoms with Gasteiger partial charge in [-0.05, 0) is 30.7 Å². The number of anilines is 1. The molecule has 2 aromatic rings. The lowest BCUT2D eigenvalue weighted by Gasteiger charge is -2.09. The summed E-state index contributed by atoms with van der Waals surface area (Å²) in [6, 6.07) is 7.92. The van der Waals surface area contributed by atoms with E-state index in [-0.39, 0.29) is 17.0 Å². The van der Waals surface area contributed by atoms with E-state index in [4.69, 9.17) is 4.74 Å². The van der Waals surface area contributed by atoms with E-state index in [1.807, 2.05) is 0 Å². The highest BCUT2D eigenvalue weighted by Crippen LogP contribution is 2.23. The van der Waals surface area contributed by atoms with Crippen molar-refractivity contribution < 1.29 is 18.8 Å². The van der Waals surface area contributed by atoms with Gasteiger partial charge >= 0.3 is 0 Å². The van der Waals surface area contributed by atoms with Crippen molar-refractivity contribution in [2.24, 2.45) is 0 Å². The quantitative estimate of drug-likeness (QED) is 0.694. The Bertz CT molecular complexity index is 746. The zero-order valence-electron chi connectivity index (χ0n) is 11.9. The maximum absolute atomic E-state index is 13.6. The molecule has 22 heavy (non-hydrogen) atoms. The molecule has 0 bridgehead atoms. The number of hydrogen-bond donors (Lipinski definition) is 1. The normalized spacial score (nSPS) is 10.1. The molecule has 0 saturated heterocycles. The summed E-state index contributed by atoms with van der Waals surface area (Å²) in [4.78, 5) is 22.3. The molecule has 0 atom stereocenters. The summed E-state index contributed by atoms with van der Waals surface area (Å²) in [7, 11) is 1.32. The lowest BCUT2D eigenvalue weighted by Crippen LogP contribution is -2.13. The van der Waals surface area contributed by atoms with Crippen molar-refractivity contribution in [1.82, 2.24) is 0 Å². The van der Waals surface area contributed by atoms with Gasteiger partial charge < -0.3 is 10.1 Å². The van der Waals surface area contributed by atoms with Crippen molar-refractivity contribution in [3.63, 3.8) is 0 Å². The highest BCUT2D eigenvalue weighted by molar-refractivity contribution is 6.04. The number of nitro benzene ring substituents is 1. The number of nitro groups is 1. The van der Waals surface area contributed by atoms with E-state index in [0.717, 1.165) is 6.07 Å². The zero-order valence-corrected chi connectivity index (χ0v) is 11.9. The van der Waals surface area contributed by atoms with Gasteiger partial charge in [-0.25, -0.2) is 4.39 Å². The molecule has 0 fully saturated rings. The van der Waals surface area contributed by atoms with Crippen LogP contribution >= 0.6 is 0 Å². The molecule has 7 heteroatoms. The third-order valence-corrected chi connectivity index (χ3v) is 3.09. The first-order valence-electron chi connectivity index (χ1n) is 6.32. The number of rotatable bonds is 4. The molecule has 0 radical (unpaired) electrons. The molecule has 6 nitrogen and oxygen atoms in total. The van der Waals surface area contributed by atoms with E-state index >= 15 is 0 Å². The SMILES string of the molecule is COc1ccc(C(=O)Nc2cc([N+](=O)[O-])ccc2C)cc1F. The fourth-order valence-electron chi connectivity index (χ4n) is 1.86. The first kappa shape index (κ1) is 15.4. The third-order valence-electron chi connectivity index (χ3n) is 3.09. The Morgan fingerprint density at radius 1 is 1.27 bits per heavy atom. The molecular weight excluding hydrogens is 291 g/mol. The van der Waals surface area contributed by atoms with E-state index in [2.05, 4.69) is 5.32 Å². The number of carbonyl (C=O) groups is 1. The molecule has 1 amide bonds. The monoisotopic (exact) mass is 304 g/mol. The van der Waals surface area contributed by atoms with E-state index in [1.165, 1.54) is 37.4 Å². The number of nitrogens with one attached hydrogen (secondary N) is 1. The number of amides is 1. The van der Waals surface area contributed by atoms with Gasteiger partial charge in [0, 0.05) is 17.7 Å². The van der Waals surface area contributed by atoms with Crippen molar-refractivity contribution in [1.29, 1.82) is 0 Å². The highest BCUT2D eigenvalue weighted by atomic mass is 19.1. The molecule has 0 spiro atoms. The van der Waals surface area contributed by atoms with Crippen LogP contribution in [0.1, 0.15) is 15.9 Å². The van der Waals surface area contributed by atoms with E-state index < -0.39 is 16.6 Å². The summed E-state index contributed by atoms with van der Waals surface area (Å²) in [6.45, 7) is 1.70. The third kappa shape index (κ3) is 3.20. The van der Waals surface area contributed by atoms with Gasteiger partial charge in [-0.2, -0.15) is 0 Å². The molecule has 2 rings (SSSR count). The topological polar surface area (TPSA) is 81.5 Å². The minimum Gasteiger partial charge on any atom is -0.494 e. The highest BCUT2D eigenvalue weighted by Gasteiger charge is 2.14. The number of halogens is 1. The largest absolute Gasteiger partial charge is 0.494 e. The van der Waals surface area contributed by atoms with Crippen LogP contribution in [-0.2, 0) is 0 Å². The Balaban J connectivity index is 2.27. The van der Waals surface area contributed by atoms with Gasteiger partial charge in [-0.3, -0.25) is 14.9 Å². The Morgan fingerprint density at radius 2 is 2.00 bits per heavy atom. The number of carbonyl (C=O) groups excluding carboxylic acids is 1. The molecule has 2 aromatic carbocycles. The van der Waals surface area contributed by atoms with Crippen LogP contribution in [0.4, 0.5) is 15.8 Å². The van der Waals surface area contributed by atoms with Crippen LogP contribution < -0.4 is 10.1 Å². The van der Waals surface area contributed by atoms with E-state index in [9.17, 15) is 19.3 Å². The molecule has 114 valence electrons. The zero-order chi connectivity index (χ0) is 16.3. The Morgan fingerprint density at radius 3 is 2.59 bits per heavy atom. The van der Waals surface area contributed by atoms with Crippen molar-refractivity contribution in [2.75, 3.05) is 12.4 Å². The van der Waals surface area contributed by atoms with Gasteiger partial charge in [0.1, 0.15) is 0 Å². The number of benzene rings is 2. The number of hydrogen-bond acceptors (Lipinski definition) is 4. The van der Waals surface area contributed by atoms with Crippen LogP contribution in [0.25, 0.3) is 0 Å². The Hall–Kier alpha value is -2.96. The predicted molar refractivity (Wildman–Crippen MR) is 78.7 cm³/mol. The molecule has 0 aliphatic rings. The predicted octanol–water partition coefficient (Wildman–Crippen LogP) is 3.30. The van der Waals surface area contributed by atoms with Crippen molar-refractivity contribution in [3.05, 3.63) is 63.5 Å². The van der Waals surface area contributed by atoms with Crippen molar-refractivity contribution in [3.8, 4) is 5.75 Å². The molecule has 0 aliphatic heterocycles. The summed E-state index contributed by atoms with van der Waals surface area (Å²) < 4.78 is 18.4. The molecular formula is C15H13FN2O4. The number of ether oxygens (including phenoxy) is 1. The van der Waals surface area contributed by atoms with Crippen LogP contribution in [0.5, 0.6) is 5.75 Å². The standard InChI is InChI=1S/C15H13FN2O4/c1-9-3-5-11(18(20)21)8-13(9)17-15(19)10-4-6-14(22-2)12(16)7-10/h3-8H,1-2H3,(H,17,19). The van der Waals surface area contributed by atoms with Crippen LogP contribution in [0.3, 0.4) is 0 Å². The lowest BCUT2D eigenvalue weighted by molar-refractivity contribution is -0.384. The van der Waals surface area contributed by atoms with Crippen molar-refractivity contribution >= 4 is 17.3 Å². The van der Waals surface area contributed by atoms with Crippen molar-refractivity contribution in [2.45, 2.75) is 6.92 Å². The van der Waals surface area contributed by atoms with Gasteiger partial charge in [-0.15, -0.1) is 0 Å². The molecule has 0 saturated carbocycles. The number of aryl methyl sites for hydroxylation is 1. The second-order valence-electron chi connectivity index (χ2n) is 4.56. The van der Waals surface area contributed by atoms with Gasteiger partial charge in [0.05, 0.1) is 17.7 Å². The number of methoxy groups -OCH3 is 1. The molecule has 0 unspecified atom stereocenters. The van der Waals surface area contributed by atoms with Crippen LogP contribution in [0.15, 0.2) is 36.4 Å². The maximum atomic E-state index is 13.6. The van der Waals surface area contributed by atoms with E-state index in [0.29, 0.717) is 11.3 Å². The van der Waals surface area contributed by atoms with Gasteiger partial charge in [0.15, 0.2) is 11.6 Å². The molecule has 1 N–H and O–H groups in total. The summed E-state index contributed by atoms with van der Waals surface area (Å²) >= 11 is 0. The second-order valence-corrected chi connectivity index (χ2v) is 4.56. The van der Waals surface area contributed by atoms with Gasteiger partial charge in [0.25, 0.3) is 11.6 Å². The number of non-ortho nitro benzene ring substituents is 1. The summed E-state index contributed by atoms with van der Waals surface area (Å²) in [5.41, 5.74) is 0.911. The molecule has 0 heterocycles.